The summed E-state index contributed by atoms with van der Waals surface area (Å²) in [6.07, 6.45) is 8.08. The predicted octanol–water partition coefficient (Wildman–Crippen LogP) is 2.10. The summed E-state index contributed by atoms with van der Waals surface area (Å²) < 4.78 is 0. The van der Waals surface area contributed by atoms with Gasteiger partial charge in [-0.1, -0.05) is 12.8 Å². The number of hydrogen-bond acceptors (Lipinski definition) is 2. The molecule has 0 bridgehead atoms. The largest absolute Gasteiger partial charge is 0.396 e. The lowest BCUT2D eigenvalue weighted by Gasteiger charge is -1.93. The van der Waals surface area contributed by atoms with Crippen LogP contribution in [0.5, 0.6) is 0 Å². The molecule has 0 aliphatic carbocycles. The second-order valence-electron chi connectivity index (χ2n) is 3.42. The van der Waals surface area contributed by atoms with E-state index in [1.165, 1.54) is 0 Å². The molecule has 0 spiro atoms. The Labute approximate surface area is 87.3 Å². The van der Waals surface area contributed by atoms with Crippen molar-refractivity contribution in [2.75, 3.05) is 13.2 Å². The second-order valence-corrected chi connectivity index (χ2v) is 3.42. The first-order valence-corrected chi connectivity index (χ1v) is 5.59. The van der Waals surface area contributed by atoms with E-state index in [0.717, 1.165) is 51.4 Å². The lowest BCUT2D eigenvalue weighted by atomic mass is 10.2. The zero-order valence-corrected chi connectivity index (χ0v) is 8.97. The van der Waals surface area contributed by atoms with Crippen molar-refractivity contribution in [2.45, 2.75) is 51.4 Å². The van der Waals surface area contributed by atoms with Gasteiger partial charge in [0.05, 0.1) is 0 Å². The molecular formula is C12H22O2. The summed E-state index contributed by atoms with van der Waals surface area (Å²) in [6, 6.07) is 0. The van der Waals surface area contributed by atoms with Gasteiger partial charge in [0, 0.05) is 26.1 Å². The molecule has 0 radical (unpaired) electrons. The summed E-state index contributed by atoms with van der Waals surface area (Å²) in [5.74, 6) is 6.25. The predicted molar refractivity (Wildman–Crippen MR) is 58.9 cm³/mol. The van der Waals surface area contributed by atoms with Gasteiger partial charge in [-0.25, -0.2) is 0 Å². The van der Waals surface area contributed by atoms with Gasteiger partial charge >= 0.3 is 0 Å². The third-order valence-corrected chi connectivity index (χ3v) is 2.04. The Hall–Kier alpha value is -0.520. The summed E-state index contributed by atoms with van der Waals surface area (Å²) >= 11 is 0. The van der Waals surface area contributed by atoms with Crippen LogP contribution in [-0.2, 0) is 0 Å². The Morgan fingerprint density at radius 2 is 1.00 bits per heavy atom. The van der Waals surface area contributed by atoms with E-state index < -0.39 is 0 Å². The van der Waals surface area contributed by atoms with Crippen LogP contribution in [0, 0.1) is 11.8 Å². The molecule has 0 unspecified atom stereocenters. The fourth-order valence-corrected chi connectivity index (χ4v) is 1.18. The molecule has 0 atom stereocenters. The molecule has 0 heterocycles. The number of aliphatic hydroxyl groups excluding tert-OH is 2. The smallest absolute Gasteiger partial charge is 0.0431 e. The van der Waals surface area contributed by atoms with Gasteiger partial charge < -0.3 is 10.2 Å². The van der Waals surface area contributed by atoms with Crippen LogP contribution in [0.3, 0.4) is 0 Å². The number of unbranched alkanes of at least 4 members (excludes halogenated alkanes) is 6. The zero-order chi connectivity index (χ0) is 10.5. The van der Waals surface area contributed by atoms with Crippen LogP contribution in [-0.4, -0.2) is 23.4 Å². The van der Waals surface area contributed by atoms with Gasteiger partial charge in [0.1, 0.15) is 0 Å². The average Bonchev–Trinajstić information content (AvgIpc) is 2.21. The maximum absolute atomic E-state index is 8.53. The number of rotatable bonds is 8. The molecular weight excluding hydrogens is 176 g/mol. The summed E-state index contributed by atoms with van der Waals surface area (Å²) in [6.45, 7) is 0.600. The van der Waals surface area contributed by atoms with Gasteiger partial charge in [-0.3, -0.25) is 0 Å². The van der Waals surface area contributed by atoms with Crippen LogP contribution in [0.4, 0.5) is 0 Å². The van der Waals surface area contributed by atoms with Gasteiger partial charge in [-0.15, -0.1) is 11.8 Å². The SMILES string of the molecule is OCCCCCC#CCCCCCO. The van der Waals surface area contributed by atoms with E-state index in [4.69, 9.17) is 10.2 Å². The molecule has 0 amide bonds. The molecule has 0 fully saturated rings. The van der Waals surface area contributed by atoms with Gasteiger partial charge in [0.2, 0.25) is 0 Å². The zero-order valence-electron chi connectivity index (χ0n) is 8.97. The molecule has 0 aromatic rings. The minimum absolute atomic E-state index is 0.300. The van der Waals surface area contributed by atoms with Crippen molar-refractivity contribution in [3.05, 3.63) is 0 Å². The Kier molecular flexibility index (Phi) is 12.0. The summed E-state index contributed by atoms with van der Waals surface area (Å²) in [7, 11) is 0. The van der Waals surface area contributed by atoms with E-state index in [0.29, 0.717) is 13.2 Å². The van der Waals surface area contributed by atoms with Crippen molar-refractivity contribution in [2.24, 2.45) is 0 Å². The first-order valence-electron chi connectivity index (χ1n) is 5.59. The lowest BCUT2D eigenvalue weighted by Crippen LogP contribution is -1.82. The normalized spacial score (nSPS) is 9.57. The molecule has 0 rings (SSSR count). The van der Waals surface area contributed by atoms with Gasteiger partial charge in [0.15, 0.2) is 0 Å². The molecule has 14 heavy (non-hydrogen) atoms. The van der Waals surface area contributed by atoms with Crippen molar-refractivity contribution in [3.63, 3.8) is 0 Å². The highest BCUT2D eigenvalue weighted by Gasteiger charge is 1.86. The molecule has 0 aromatic carbocycles. The Morgan fingerprint density at radius 1 is 0.571 bits per heavy atom. The highest BCUT2D eigenvalue weighted by atomic mass is 16.3. The van der Waals surface area contributed by atoms with Gasteiger partial charge in [-0.2, -0.15) is 0 Å². The van der Waals surface area contributed by atoms with Crippen LogP contribution >= 0.6 is 0 Å². The first kappa shape index (κ1) is 13.5. The molecule has 0 saturated heterocycles. The third-order valence-electron chi connectivity index (χ3n) is 2.04. The molecule has 0 saturated carbocycles. The maximum atomic E-state index is 8.53. The van der Waals surface area contributed by atoms with E-state index in [1.54, 1.807) is 0 Å². The van der Waals surface area contributed by atoms with Crippen molar-refractivity contribution in [1.82, 2.24) is 0 Å². The van der Waals surface area contributed by atoms with Crippen LogP contribution in [0.25, 0.3) is 0 Å². The van der Waals surface area contributed by atoms with Crippen molar-refractivity contribution in [3.8, 4) is 11.8 Å². The minimum atomic E-state index is 0.300. The van der Waals surface area contributed by atoms with Gasteiger partial charge in [-0.05, 0) is 25.7 Å². The van der Waals surface area contributed by atoms with Crippen LogP contribution in [0.2, 0.25) is 0 Å². The van der Waals surface area contributed by atoms with E-state index in [-0.39, 0.29) is 0 Å². The number of aliphatic hydroxyl groups is 2. The Balaban J connectivity index is 3.03. The number of hydrogen-bond donors (Lipinski definition) is 2. The van der Waals surface area contributed by atoms with Crippen LogP contribution in [0.15, 0.2) is 0 Å². The second kappa shape index (κ2) is 12.5. The van der Waals surface area contributed by atoms with Crippen LogP contribution < -0.4 is 0 Å². The fourth-order valence-electron chi connectivity index (χ4n) is 1.18. The fraction of sp³-hybridized carbons (Fsp3) is 0.833. The summed E-state index contributed by atoms with van der Waals surface area (Å²) in [5, 5.41) is 17.1. The van der Waals surface area contributed by atoms with E-state index in [2.05, 4.69) is 11.8 Å². The Morgan fingerprint density at radius 3 is 1.36 bits per heavy atom. The Bertz CT molecular complexity index is 139. The van der Waals surface area contributed by atoms with Crippen molar-refractivity contribution in [1.29, 1.82) is 0 Å². The standard InChI is InChI=1S/C12H22O2/c13-11-9-7-5-3-1-2-4-6-8-10-12-14/h13-14H,3-12H2. The summed E-state index contributed by atoms with van der Waals surface area (Å²) in [4.78, 5) is 0. The highest BCUT2D eigenvalue weighted by molar-refractivity contribution is 4.98. The molecule has 82 valence electrons. The maximum Gasteiger partial charge on any atom is 0.0431 e. The average molecular weight is 198 g/mol. The van der Waals surface area contributed by atoms with Gasteiger partial charge in [0.25, 0.3) is 0 Å². The topological polar surface area (TPSA) is 40.5 Å². The van der Waals surface area contributed by atoms with E-state index in [1.807, 2.05) is 0 Å². The van der Waals surface area contributed by atoms with E-state index >= 15 is 0 Å². The molecule has 2 heteroatoms. The molecule has 0 aliphatic rings. The van der Waals surface area contributed by atoms with E-state index in [9.17, 15) is 0 Å². The minimum Gasteiger partial charge on any atom is -0.396 e. The molecule has 0 aliphatic heterocycles. The summed E-state index contributed by atoms with van der Waals surface area (Å²) in [5.41, 5.74) is 0. The lowest BCUT2D eigenvalue weighted by molar-refractivity contribution is 0.283. The van der Waals surface area contributed by atoms with Crippen molar-refractivity contribution >= 4 is 0 Å². The highest BCUT2D eigenvalue weighted by Crippen LogP contribution is 1.99. The first-order chi connectivity index (χ1) is 6.91. The molecule has 0 aromatic heterocycles. The molecule has 2 nitrogen and oxygen atoms in total. The van der Waals surface area contributed by atoms with Crippen LogP contribution in [0.1, 0.15) is 51.4 Å². The molecule has 2 N–H and O–H groups in total. The third kappa shape index (κ3) is 11.5. The monoisotopic (exact) mass is 198 g/mol. The van der Waals surface area contributed by atoms with Crippen molar-refractivity contribution < 1.29 is 10.2 Å². The quantitative estimate of drug-likeness (QED) is 0.463.